The average molecular weight is 383 g/mol. The topological polar surface area (TPSA) is 55.0 Å². The van der Waals surface area contributed by atoms with Gasteiger partial charge >= 0.3 is 0 Å². The first-order valence-corrected chi connectivity index (χ1v) is 8.54. The summed E-state index contributed by atoms with van der Waals surface area (Å²) in [6.07, 6.45) is 0.313. The van der Waals surface area contributed by atoms with Gasteiger partial charge in [-0.05, 0) is 29.8 Å². The molecule has 1 aromatic heterocycles. The maximum absolute atomic E-state index is 13.9. The lowest BCUT2D eigenvalue weighted by Gasteiger charge is -2.24. The van der Waals surface area contributed by atoms with Gasteiger partial charge in [0, 0.05) is 31.0 Å². The molecule has 0 N–H and O–H groups in total. The zero-order chi connectivity index (χ0) is 18.7. The molecule has 26 heavy (non-hydrogen) atoms. The van der Waals surface area contributed by atoms with E-state index in [4.69, 9.17) is 20.9 Å². The van der Waals surface area contributed by atoms with Gasteiger partial charge in [-0.2, -0.15) is 0 Å². The minimum atomic E-state index is -0.687. The normalized spacial score (nSPS) is 16.3. The van der Waals surface area contributed by atoms with E-state index in [9.17, 15) is 13.6 Å². The van der Waals surface area contributed by atoms with Gasteiger partial charge in [0.2, 0.25) is 5.91 Å². The third kappa shape index (κ3) is 4.22. The van der Waals surface area contributed by atoms with E-state index < -0.39 is 11.6 Å². The minimum absolute atomic E-state index is 0.0283. The summed E-state index contributed by atoms with van der Waals surface area (Å²) < 4.78 is 32.3. The third-order valence-corrected chi connectivity index (χ3v) is 4.25. The fourth-order valence-electron chi connectivity index (χ4n) is 2.72. The number of oxime groups is 1. The molecule has 0 saturated carbocycles. The first-order chi connectivity index (χ1) is 12.5. The van der Waals surface area contributed by atoms with Gasteiger partial charge in [0.25, 0.3) is 0 Å². The number of hydrogen-bond donors (Lipinski definition) is 0. The zero-order valence-electron chi connectivity index (χ0n) is 14.0. The van der Waals surface area contributed by atoms with Crippen molar-refractivity contribution in [2.45, 2.75) is 32.4 Å². The van der Waals surface area contributed by atoms with Gasteiger partial charge in [-0.15, -0.1) is 0 Å². The van der Waals surface area contributed by atoms with Crippen LogP contribution in [-0.4, -0.2) is 29.2 Å². The molecular weight excluding hydrogens is 366 g/mol. The summed E-state index contributed by atoms with van der Waals surface area (Å²) in [4.78, 5) is 19.1. The molecule has 0 aliphatic carbocycles. The second-order valence-corrected chi connectivity index (χ2v) is 6.31. The van der Waals surface area contributed by atoms with Crippen molar-refractivity contribution in [2.75, 3.05) is 6.54 Å². The Bertz CT molecular complexity index is 838. The molecule has 1 amide bonds. The number of halogens is 3. The molecule has 3 rings (SSSR count). The average Bonchev–Trinajstić information content (AvgIpc) is 3.24. The van der Waals surface area contributed by atoms with Gasteiger partial charge in [0.05, 0.1) is 6.54 Å². The number of carbonyl (C=O) groups is 1. The number of nitrogens with zero attached hydrogens (tertiary/aromatic N) is 2. The molecule has 1 aliphatic rings. The lowest BCUT2D eigenvalue weighted by atomic mass is 10.1. The van der Waals surface area contributed by atoms with E-state index in [1.165, 1.54) is 17.0 Å². The molecule has 0 radical (unpaired) electrons. The summed E-state index contributed by atoms with van der Waals surface area (Å²) in [6, 6.07) is 6.61. The summed E-state index contributed by atoms with van der Waals surface area (Å²) in [5.74, 6) is -0.996. The Morgan fingerprint density at radius 3 is 2.81 bits per heavy atom. The van der Waals surface area contributed by atoms with Crippen molar-refractivity contribution in [3.8, 4) is 0 Å². The molecule has 5 nitrogen and oxygen atoms in total. The third-order valence-electron chi connectivity index (χ3n) is 4.05. The fourth-order valence-corrected chi connectivity index (χ4v) is 2.87. The Balaban J connectivity index is 1.67. The Kier molecular flexibility index (Phi) is 5.56. The lowest BCUT2D eigenvalue weighted by molar-refractivity contribution is -0.133. The highest BCUT2D eigenvalue weighted by Crippen LogP contribution is 2.22. The van der Waals surface area contributed by atoms with Crippen LogP contribution in [0.15, 0.2) is 39.9 Å². The van der Waals surface area contributed by atoms with E-state index in [2.05, 4.69) is 5.16 Å². The summed E-state index contributed by atoms with van der Waals surface area (Å²) in [5, 5.41) is 4.23. The van der Waals surface area contributed by atoms with Gasteiger partial charge in [-0.3, -0.25) is 4.79 Å². The molecule has 0 saturated heterocycles. The van der Waals surface area contributed by atoms with E-state index in [1.807, 2.05) is 0 Å². The van der Waals surface area contributed by atoms with Crippen LogP contribution in [0.5, 0.6) is 0 Å². The second-order valence-electron chi connectivity index (χ2n) is 5.94. The van der Waals surface area contributed by atoms with E-state index in [0.717, 1.165) is 6.07 Å². The van der Waals surface area contributed by atoms with E-state index in [1.54, 1.807) is 19.1 Å². The van der Waals surface area contributed by atoms with E-state index >= 15 is 0 Å². The van der Waals surface area contributed by atoms with Crippen molar-refractivity contribution >= 4 is 23.2 Å². The highest BCUT2D eigenvalue weighted by Gasteiger charge is 2.28. The number of hydrogen-bond acceptors (Lipinski definition) is 4. The predicted octanol–water partition coefficient (Wildman–Crippen LogP) is 4.14. The SMILES string of the molecule is CCC(=O)N(Cc1ccc(F)cc1F)C[C@@H]1CC(c2ccc(Cl)o2)=NO1. The van der Waals surface area contributed by atoms with Gasteiger partial charge in [0.1, 0.15) is 17.3 Å². The van der Waals surface area contributed by atoms with Crippen LogP contribution in [0.1, 0.15) is 31.1 Å². The monoisotopic (exact) mass is 382 g/mol. The number of furan rings is 1. The van der Waals surface area contributed by atoms with Gasteiger partial charge in [0.15, 0.2) is 17.1 Å². The number of amides is 1. The van der Waals surface area contributed by atoms with Crippen LogP contribution in [0.25, 0.3) is 0 Å². The van der Waals surface area contributed by atoms with Crippen LogP contribution >= 0.6 is 11.6 Å². The molecule has 1 aliphatic heterocycles. The molecule has 0 spiro atoms. The van der Waals surface area contributed by atoms with Crippen molar-refractivity contribution < 1.29 is 22.8 Å². The molecule has 0 unspecified atom stereocenters. The van der Waals surface area contributed by atoms with Crippen LogP contribution in [0, 0.1) is 11.6 Å². The van der Waals surface area contributed by atoms with Crippen LogP contribution in [0.2, 0.25) is 5.22 Å². The highest BCUT2D eigenvalue weighted by molar-refractivity contribution is 6.29. The predicted molar refractivity (Wildman–Crippen MR) is 91.8 cm³/mol. The maximum Gasteiger partial charge on any atom is 0.222 e. The maximum atomic E-state index is 13.9. The van der Waals surface area contributed by atoms with Gasteiger partial charge in [-0.25, -0.2) is 8.78 Å². The number of carbonyl (C=O) groups excluding carboxylic acids is 1. The summed E-state index contributed by atoms with van der Waals surface area (Å²) in [6.45, 7) is 1.98. The largest absolute Gasteiger partial charge is 0.443 e. The highest BCUT2D eigenvalue weighted by atomic mass is 35.5. The Morgan fingerprint density at radius 2 is 2.15 bits per heavy atom. The van der Waals surface area contributed by atoms with Crippen molar-refractivity contribution in [1.82, 2.24) is 4.90 Å². The van der Waals surface area contributed by atoms with E-state index in [-0.39, 0.29) is 42.3 Å². The second kappa shape index (κ2) is 7.86. The molecule has 1 atom stereocenters. The first-order valence-electron chi connectivity index (χ1n) is 8.16. The first kappa shape index (κ1) is 18.4. The van der Waals surface area contributed by atoms with Crippen molar-refractivity contribution in [1.29, 1.82) is 0 Å². The zero-order valence-corrected chi connectivity index (χ0v) is 14.8. The Hall–Kier alpha value is -2.41. The van der Waals surface area contributed by atoms with Crippen LogP contribution in [0.3, 0.4) is 0 Å². The van der Waals surface area contributed by atoms with Crippen LogP contribution in [0.4, 0.5) is 8.78 Å². The molecule has 8 heteroatoms. The van der Waals surface area contributed by atoms with Crippen molar-refractivity contribution in [2.24, 2.45) is 5.16 Å². The lowest BCUT2D eigenvalue weighted by Crippen LogP contribution is -2.37. The molecule has 2 aromatic rings. The Morgan fingerprint density at radius 1 is 1.35 bits per heavy atom. The van der Waals surface area contributed by atoms with Crippen molar-refractivity contribution in [3.05, 3.63) is 58.5 Å². The number of benzene rings is 1. The minimum Gasteiger partial charge on any atom is -0.443 e. The molecule has 0 bridgehead atoms. The number of rotatable bonds is 6. The van der Waals surface area contributed by atoms with Gasteiger partial charge in [-0.1, -0.05) is 18.1 Å². The Labute approximate surface area is 154 Å². The molecule has 0 fully saturated rings. The van der Waals surface area contributed by atoms with Crippen LogP contribution < -0.4 is 0 Å². The quantitative estimate of drug-likeness (QED) is 0.754. The summed E-state index contributed by atoms with van der Waals surface area (Å²) in [7, 11) is 0. The smallest absolute Gasteiger partial charge is 0.222 e. The molecule has 2 heterocycles. The molecular formula is C18H17ClF2N2O3. The van der Waals surface area contributed by atoms with Crippen molar-refractivity contribution in [3.63, 3.8) is 0 Å². The van der Waals surface area contributed by atoms with Gasteiger partial charge < -0.3 is 14.2 Å². The van der Waals surface area contributed by atoms with Crippen LogP contribution in [-0.2, 0) is 16.2 Å². The fraction of sp³-hybridized carbons (Fsp3) is 0.333. The summed E-state index contributed by atoms with van der Waals surface area (Å²) in [5.41, 5.74) is 0.837. The molecule has 138 valence electrons. The standard InChI is InChI=1S/C18H17ClF2N2O3/c1-2-18(24)23(9-11-3-4-12(20)7-14(11)21)10-13-8-15(22-26-13)16-5-6-17(19)25-16/h3-7,13H,2,8-10H2,1H3/t13-/m0/s1. The van der Waals surface area contributed by atoms with E-state index in [0.29, 0.717) is 17.9 Å². The summed E-state index contributed by atoms with van der Waals surface area (Å²) >= 11 is 5.76. The molecule has 1 aromatic carbocycles.